The van der Waals surface area contributed by atoms with Gasteiger partial charge in [0.2, 0.25) is 0 Å². The number of nitrogens with one attached hydrogen (secondary N) is 1. The van der Waals surface area contributed by atoms with Gasteiger partial charge in [-0.15, -0.1) is 11.3 Å². The lowest BCUT2D eigenvalue weighted by Gasteiger charge is -2.19. The molecule has 2 rings (SSSR count). The minimum Gasteiger partial charge on any atom is -0.302 e. The van der Waals surface area contributed by atoms with Gasteiger partial charge >= 0.3 is 0 Å². The van der Waals surface area contributed by atoms with Crippen LogP contribution in [0.3, 0.4) is 0 Å². The van der Waals surface area contributed by atoms with Crippen LogP contribution in [0, 0.1) is 18.6 Å². The van der Waals surface area contributed by atoms with Crippen molar-refractivity contribution in [1.29, 1.82) is 0 Å². The van der Waals surface area contributed by atoms with Gasteiger partial charge < -0.3 is 5.32 Å². The average molecular weight is 282 g/mol. The molecular formula is C14H16F2N2S. The molecule has 2 atom stereocenters. The van der Waals surface area contributed by atoms with Gasteiger partial charge in [-0.1, -0.05) is 6.07 Å². The van der Waals surface area contributed by atoms with Crippen LogP contribution >= 0.6 is 11.3 Å². The normalized spacial score (nSPS) is 14.4. The smallest absolute Gasteiger partial charge is 0.130 e. The van der Waals surface area contributed by atoms with Gasteiger partial charge in [0.25, 0.3) is 0 Å². The molecule has 1 N–H and O–H groups in total. The third-order valence-electron chi connectivity index (χ3n) is 3.01. The quantitative estimate of drug-likeness (QED) is 0.911. The van der Waals surface area contributed by atoms with Crippen molar-refractivity contribution in [2.45, 2.75) is 32.9 Å². The first-order valence-electron chi connectivity index (χ1n) is 6.10. The molecule has 2 aromatic rings. The lowest BCUT2D eigenvalue weighted by atomic mass is 10.1. The minimum atomic E-state index is -0.559. The van der Waals surface area contributed by atoms with Gasteiger partial charge in [-0.3, -0.25) is 0 Å². The first kappa shape index (κ1) is 14.1. The predicted octanol–water partition coefficient (Wildman–Crippen LogP) is 4.14. The second-order valence-electron chi connectivity index (χ2n) is 4.57. The van der Waals surface area contributed by atoms with E-state index in [1.807, 2.05) is 26.2 Å². The molecule has 19 heavy (non-hydrogen) atoms. The van der Waals surface area contributed by atoms with E-state index in [4.69, 9.17) is 0 Å². The Kier molecular flexibility index (Phi) is 4.27. The van der Waals surface area contributed by atoms with Crippen molar-refractivity contribution in [3.05, 3.63) is 51.5 Å². The van der Waals surface area contributed by atoms with E-state index in [2.05, 4.69) is 10.3 Å². The first-order chi connectivity index (χ1) is 8.97. The van der Waals surface area contributed by atoms with Gasteiger partial charge in [-0.2, -0.15) is 0 Å². The number of nitrogens with zero attached hydrogens (tertiary/aromatic N) is 1. The molecule has 0 amide bonds. The number of hydrogen-bond donors (Lipinski definition) is 1. The highest BCUT2D eigenvalue weighted by Crippen LogP contribution is 2.22. The Morgan fingerprint density at radius 1 is 1.21 bits per heavy atom. The van der Waals surface area contributed by atoms with Crippen LogP contribution in [0.5, 0.6) is 0 Å². The van der Waals surface area contributed by atoms with Crippen molar-refractivity contribution in [2.75, 3.05) is 0 Å². The van der Waals surface area contributed by atoms with Crippen molar-refractivity contribution in [1.82, 2.24) is 10.3 Å². The van der Waals surface area contributed by atoms with Crippen molar-refractivity contribution in [3.63, 3.8) is 0 Å². The number of benzene rings is 1. The van der Waals surface area contributed by atoms with Gasteiger partial charge in [0.15, 0.2) is 0 Å². The highest BCUT2D eigenvalue weighted by molar-refractivity contribution is 7.09. The van der Waals surface area contributed by atoms with E-state index < -0.39 is 11.6 Å². The standard InChI is InChI=1S/C14H16F2N2S/c1-8(12-5-4-11(15)6-13(12)16)17-9(2)14-7-19-10(3)18-14/h4-9,17H,1-3H3. The fourth-order valence-electron chi connectivity index (χ4n) is 1.98. The van der Waals surface area contributed by atoms with E-state index in [9.17, 15) is 8.78 Å². The molecule has 2 unspecified atom stereocenters. The molecule has 1 aromatic heterocycles. The van der Waals surface area contributed by atoms with E-state index in [-0.39, 0.29) is 12.1 Å². The summed E-state index contributed by atoms with van der Waals surface area (Å²) in [6.07, 6.45) is 0. The molecule has 1 heterocycles. The van der Waals surface area contributed by atoms with Crippen LogP contribution in [0.2, 0.25) is 0 Å². The maximum absolute atomic E-state index is 13.7. The summed E-state index contributed by atoms with van der Waals surface area (Å²) in [4.78, 5) is 4.40. The maximum atomic E-state index is 13.7. The minimum absolute atomic E-state index is 0.0180. The SMILES string of the molecule is Cc1nc(C(C)NC(C)c2ccc(F)cc2F)cs1. The summed E-state index contributed by atoms with van der Waals surface area (Å²) in [5, 5.41) is 6.26. The predicted molar refractivity (Wildman–Crippen MR) is 73.2 cm³/mol. The third-order valence-corrected chi connectivity index (χ3v) is 3.80. The van der Waals surface area contributed by atoms with Crippen LogP contribution in [0.15, 0.2) is 23.6 Å². The Bertz CT molecular complexity index is 568. The van der Waals surface area contributed by atoms with Crippen molar-refractivity contribution in [3.8, 4) is 0 Å². The van der Waals surface area contributed by atoms with Crippen LogP contribution < -0.4 is 5.32 Å². The number of halogens is 2. The molecule has 5 heteroatoms. The molecule has 0 aliphatic rings. The average Bonchev–Trinajstić information content (AvgIpc) is 2.75. The van der Waals surface area contributed by atoms with Crippen LogP contribution in [0.4, 0.5) is 8.78 Å². The van der Waals surface area contributed by atoms with E-state index in [0.29, 0.717) is 5.56 Å². The topological polar surface area (TPSA) is 24.9 Å². The van der Waals surface area contributed by atoms with Gasteiger partial charge in [0, 0.05) is 29.1 Å². The number of thiazole rings is 1. The fraction of sp³-hybridized carbons (Fsp3) is 0.357. The van der Waals surface area contributed by atoms with Crippen LogP contribution in [-0.4, -0.2) is 4.98 Å². The molecule has 0 aliphatic heterocycles. The van der Waals surface area contributed by atoms with Gasteiger partial charge in [0.05, 0.1) is 10.7 Å². The molecule has 0 saturated carbocycles. The molecule has 0 saturated heterocycles. The zero-order valence-electron chi connectivity index (χ0n) is 11.1. The van der Waals surface area contributed by atoms with Gasteiger partial charge in [-0.05, 0) is 26.8 Å². The molecule has 0 aliphatic carbocycles. The zero-order valence-corrected chi connectivity index (χ0v) is 11.9. The molecule has 102 valence electrons. The molecule has 2 nitrogen and oxygen atoms in total. The van der Waals surface area contributed by atoms with Crippen molar-refractivity contribution < 1.29 is 8.78 Å². The Hall–Kier alpha value is -1.33. The molecular weight excluding hydrogens is 266 g/mol. The Labute approximate surface area is 115 Å². The number of aromatic nitrogens is 1. The van der Waals surface area contributed by atoms with E-state index in [1.165, 1.54) is 12.1 Å². The van der Waals surface area contributed by atoms with Crippen molar-refractivity contribution in [2.24, 2.45) is 0 Å². The summed E-state index contributed by atoms with van der Waals surface area (Å²) in [5.74, 6) is -1.08. The summed E-state index contributed by atoms with van der Waals surface area (Å²) in [7, 11) is 0. The monoisotopic (exact) mass is 282 g/mol. The maximum Gasteiger partial charge on any atom is 0.130 e. The fourth-order valence-corrected chi connectivity index (χ4v) is 2.69. The van der Waals surface area contributed by atoms with E-state index in [1.54, 1.807) is 11.3 Å². The molecule has 0 fully saturated rings. The molecule has 1 aromatic carbocycles. The Morgan fingerprint density at radius 2 is 1.95 bits per heavy atom. The summed E-state index contributed by atoms with van der Waals surface area (Å²) >= 11 is 1.59. The zero-order chi connectivity index (χ0) is 14.0. The molecule has 0 radical (unpaired) electrons. The largest absolute Gasteiger partial charge is 0.302 e. The number of aryl methyl sites for hydroxylation is 1. The van der Waals surface area contributed by atoms with Crippen LogP contribution in [0.25, 0.3) is 0 Å². The summed E-state index contributed by atoms with van der Waals surface area (Å²) in [5.41, 5.74) is 1.40. The number of rotatable bonds is 4. The Balaban J connectivity index is 2.10. The first-order valence-corrected chi connectivity index (χ1v) is 6.98. The van der Waals surface area contributed by atoms with E-state index >= 15 is 0 Å². The lowest BCUT2D eigenvalue weighted by Crippen LogP contribution is -2.23. The van der Waals surface area contributed by atoms with E-state index in [0.717, 1.165) is 16.8 Å². The lowest BCUT2D eigenvalue weighted by molar-refractivity contribution is 0.465. The summed E-state index contributed by atoms with van der Waals surface area (Å²) < 4.78 is 26.5. The Morgan fingerprint density at radius 3 is 2.53 bits per heavy atom. The number of hydrogen-bond acceptors (Lipinski definition) is 3. The second kappa shape index (κ2) is 5.75. The third kappa shape index (κ3) is 3.36. The highest BCUT2D eigenvalue weighted by atomic mass is 32.1. The summed E-state index contributed by atoms with van der Waals surface area (Å²) in [6.45, 7) is 5.78. The van der Waals surface area contributed by atoms with Crippen LogP contribution in [-0.2, 0) is 0 Å². The van der Waals surface area contributed by atoms with Crippen molar-refractivity contribution >= 4 is 11.3 Å². The summed E-state index contributed by atoms with van der Waals surface area (Å²) in [6, 6.07) is 3.46. The van der Waals surface area contributed by atoms with Gasteiger partial charge in [0.1, 0.15) is 11.6 Å². The van der Waals surface area contributed by atoms with Crippen LogP contribution in [0.1, 0.15) is 42.2 Å². The highest BCUT2D eigenvalue weighted by Gasteiger charge is 2.16. The second-order valence-corrected chi connectivity index (χ2v) is 5.63. The molecule has 0 spiro atoms. The molecule has 0 bridgehead atoms. The van der Waals surface area contributed by atoms with Gasteiger partial charge in [-0.25, -0.2) is 13.8 Å².